The van der Waals surface area contributed by atoms with Crippen LogP contribution in [0.5, 0.6) is 0 Å². The molecule has 60 heavy (non-hydrogen) atoms. The van der Waals surface area contributed by atoms with E-state index in [4.69, 9.17) is 15.2 Å². The van der Waals surface area contributed by atoms with Crippen LogP contribution in [-0.2, 0) is 32.2 Å². The van der Waals surface area contributed by atoms with Crippen molar-refractivity contribution >= 4 is 34.6 Å². The highest BCUT2D eigenvalue weighted by atomic mass is 16.7. The van der Waals surface area contributed by atoms with Crippen molar-refractivity contribution in [2.45, 2.75) is 63.8 Å². The first-order chi connectivity index (χ1) is 29.2. The summed E-state index contributed by atoms with van der Waals surface area (Å²) in [5.41, 5.74) is 13.9. The number of para-hydroxylation sites is 2. The molecule has 2 heterocycles. The Kier molecular flexibility index (Phi) is 14.2. The van der Waals surface area contributed by atoms with Gasteiger partial charge in [0.25, 0.3) is 5.69 Å². The van der Waals surface area contributed by atoms with Crippen LogP contribution in [0.1, 0.15) is 66.8 Å². The topological polar surface area (TPSA) is 173 Å². The van der Waals surface area contributed by atoms with Crippen molar-refractivity contribution in [3.05, 3.63) is 154 Å². The van der Waals surface area contributed by atoms with Crippen LogP contribution in [0.25, 0.3) is 11.1 Å². The molecule has 5 aromatic rings. The second-order valence-electron chi connectivity index (χ2n) is 15.3. The summed E-state index contributed by atoms with van der Waals surface area (Å²) >= 11 is 0. The van der Waals surface area contributed by atoms with Crippen LogP contribution in [-0.4, -0.2) is 65.6 Å². The zero-order valence-electron chi connectivity index (χ0n) is 33.6. The smallest absolute Gasteiger partial charge is 0.269 e. The van der Waals surface area contributed by atoms with Gasteiger partial charge in [-0.1, -0.05) is 84.9 Å². The number of nitrogens with one attached hydrogen (secondary N) is 2. The quantitative estimate of drug-likeness (QED) is 0.0338. The van der Waals surface area contributed by atoms with E-state index in [2.05, 4.69) is 32.6 Å². The molecule has 2 amide bonds. The molecule has 0 aliphatic carbocycles. The van der Waals surface area contributed by atoms with Crippen molar-refractivity contribution in [2.24, 2.45) is 0 Å². The van der Waals surface area contributed by atoms with Crippen LogP contribution in [0, 0.1) is 10.1 Å². The van der Waals surface area contributed by atoms with E-state index in [0.29, 0.717) is 50.0 Å². The van der Waals surface area contributed by atoms with E-state index < -0.39 is 6.29 Å². The maximum atomic E-state index is 12.8. The van der Waals surface area contributed by atoms with E-state index in [9.17, 15) is 24.8 Å². The van der Waals surface area contributed by atoms with E-state index in [1.54, 1.807) is 24.3 Å². The Hall–Kier alpha value is -6.12. The van der Waals surface area contributed by atoms with Crippen LogP contribution in [0.15, 0.2) is 121 Å². The van der Waals surface area contributed by atoms with Gasteiger partial charge in [0.05, 0.1) is 35.1 Å². The third-order valence-electron chi connectivity index (χ3n) is 11.2. The zero-order chi connectivity index (χ0) is 41.8. The number of nitrogen functional groups attached to an aromatic ring is 1. The number of carbonyl (C=O) groups is 2. The maximum Gasteiger partial charge on any atom is 0.269 e. The van der Waals surface area contributed by atoms with Crippen molar-refractivity contribution in [1.82, 2.24) is 10.2 Å². The largest absolute Gasteiger partial charge is 0.397 e. The molecule has 0 saturated carbocycles. The van der Waals surface area contributed by atoms with Crippen LogP contribution >= 0.6 is 0 Å². The fourth-order valence-corrected chi connectivity index (χ4v) is 7.75. The number of piperazine rings is 1. The van der Waals surface area contributed by atoms with Crippen molar-refractivity contribution in [3.8, 4) is 11.1 Å². The molecule has 2 aliphatic rings. The Labute approximate surface area is 350 Å². The molecule has 0 spiro atoms. The minimum Gasteiger partial charge on any atom is -0.397 e. The van der Waals surface area contributed by atoms with Gasteiger partial charge in [-0.15, -0.1) is 0 Å². The van der Waals surface area contributed by atoms with Gasteiger partial charge in [-0.3, -0.25) is 24.6 Å². The highest BCUT2D eigenvalue weighted by Crippen LogP contribution is 2.39. The number of nitrogens with two attached hydrogens (primary N) is 1. The molecule has 312 valence electrons. The minimum atomic E-state index is -0.598. The highest BCUT2D eigenvalue weighted by molar-refractivity contribution is 5.93. The molecule has 3 atom stereocenters. The number of rotatable bonds is 16. The van der Waals surface area contributed by atoms with Gasteiger partial charge in [-0.2, -0.15) is 0 Å². The Morgan fingerprint density at radius 3 is 2.15 bits per heavy atom. The molecule has 2 aliphatic heterocycles. The molecule has 5 N–H and O–H groups in total. The molecule has 0 bridgehead atoms. The summed E-state index contributed by atoms with van der Waals surface area (Å²) in [6, 6.07) is 37.9. The van der Waals surface area contributed by atoms with Crippen LogP contribution < -0.4 is 21.3 Å². The third kappa shape index (κ3) is 11.1. The number of nitrogens with zero attached hydrogens (tertiary/aromatic N) is 3. The monoisotopic (exact) mass is 812 g/mol. The fraction of sp³-hybridized carbons (Fsp3) is 0.319. The molecular formula is C47H52N6O7. The van der Waals surface area contributed by atoms with Crippen LogP contribution in [0.4, 0.5) is 22.7 Å². The molecule has 7 rings (SSSR count). The number of aliphatic hydroxyl groups is 1. The number of benzene rings is 5. The van der Waals surface area contributed by atoms with Crippen LogP contribution in [0.2, 0.25) is 0 Å². The first kappa shape index (κ1) is 42.0. The Morgan fingerprint density at radius 2 is 1.45 bits per heavy atom. The molecule has 0 aromatic heterocycles. The number of non-ortho nitro benzene ring substituents is 1. The lowest BCUT2D eigenvalue weighted by Gasteiger charge is -2.41. The second kappa shape index (κ2) is 20.2. The van der Waals surface area contributed by atoms with Gasteiger partial charge in [0.1, 0.15) is 0 Å². The average Bonchev–Trinajstić information content (AvgIpc) is 3.28. The molecule has 0 unspecified atom stereocenters. The van der Waals surface area contributed by atoms with E-state index in [1.807, 2.05) is 84.9 Å². The Morgan fingerprint density at radius 1 is 0.783 bits per heavy atom. The minimum absolute atomic E-state index is 0.0259. The van der Waals surface area contributed by atoms with Gasteiger partial charge in [0.2, 0.25) is 11.8 Å². The molecule has 13 nitrogen and oxygen atoms in total. The molecule has 5 aromatic carbocycles. The van der Waals surface area contributed by atoms with E-state index >= 15 is 0 Å². The average molecular weight is 813 g/mol. The number of carbonyl (C=O) groups excluding carboxylic acids is 2. The first-order valence-electron chi connectivity index (χ1n) is 20.5. The lowest BCUT2D eigenvalue weighted by atomic mass is 9.97. The van der Waals surface area contributed by atoms with Gasteiger partial charge in [-0.05, 0) is 64.9 Å². The first-order valence-corrected chi connectivity index (χ1v) is 20.5. The van der Waals surface area contributed by atoms with E-state index in [0.717, 1.165) is 71.8 Å². The summed E-state index contributed by atoms with van der Waals surface area (Å²) in [7, 11) is 0. The lowest BCUT2D eigenvalue weighted by molar-refractivity contribution is -0.384. The van der Waals surface area contributed by atoms with Crippen molar-refractivity contribution in [3.63, 3.8) is 0 Å². The number of ether oxygens (including phenoxy) is 2. The predicted octanol–water partition coefficient (Wildman–Crippen LogP) is 7.52. The molecular weight excluding hydrogens is 761 g/mol. The SMILES string of the molecule is Nc1ccccc1NC(=O)CCCCC(=O)NCc1ccccc1-c1ccc([C@H]2O[C@@H](CN3CCN(c4ccc([N+](=O)[O-])cc4)CC3)C[C@@H](c3ccc(CO)cc3)O2)cc1. The number of nitro groups is 1. The molecule has 0 radical (unpaired) electrons. The van der Waals surface area contributed by atoms with Gasteiger partial charge in [0, 0.05) is 81.9 Å². The fourth-order valence-electron chi connectivity index (χ4n) is 7.75. The number of nitro benzene ring substituents is 1. The summed E-state index contributed by atoms with van der Waals surface area (Å²) in [4.78, 5) is 40.5. The molecule has 13 heteroatoms. The molecule has 2 fully saturated rings. The number of amides is 2. The van der Waals surface area contributed by atoms with Gasteiger partial charge < -0.3 is 35.8 Å². The van der Waals surface area contributed by atoms with Crippen molar-refractivity contribution in [2.75, 3.05) is 48.7 Å². The van der Waals surface area contributed by atoms with Gasteiger partial charge >= 0.3 is 0 Å². The van der Waals surface area contributed by atoms with Gasteiger partial charge in [-0.25, -0.2) is 0 Å². The summed E-state index contributed by atoms with van der Waals surface area (Å²) in [6.45, 7) is 4.34. The highest BCUT2D eigenvalue weighted by Gasteiger charge is 2.34. The standard InChI is InChI=1S/C47H52N6O7/c48-42-9-3-4-10-43(42)50-46(56)12-6-5-11-45(55)49-30-37-7-1-2-8-41(37)34-17-19-36(20-18-34)47-59-40(29-44(60-47)35-15-13-33(32-54)14-16-35)31-51-25-27-52(28-26-51)38-21-23-39(24-22-38)53(57)58/h1-4,7-10,13-24,40,44,47,54H,5-6,11-12,25-32,48H2,(H,49,55)(H,50,56)/t40-,44+,47+/m1/s1. The number of anilines is 3. The Balaban J connectivity index is 0.948. The number of unbranched alkanes of at least 4 members (excludes halogenated alkanes) is 1. The molecule has 2 saturated heterocycles. The van der Waals surface area contributed by atoms with Crippen molar-refractivity contribution < 1.29 is 29.1 Å². The number of aliphatic hydroxyl groups excluding tert-OH is 1. The predicted molar refractivity (Wildman–Crippen MR) is 232 cm³/mol. The van der Waals surface area contributed by atoms with E-state index in [1.165, 1.54) is 0 Å². The van der Waals surface area contributed by atoms with Crippen LogP contribution in [0.3, 0.4) is 0 Å². The summed E-state index contributed by atoms with van der Waals surface area (Å²) in [5, 5.41) is 26.6. The summed E-state index contributed by atoms with van der Waals surface area (Å²) < 4.78 is 13.3. The lowest BCUT2D eigenvalue weighted by Crippen LogP contribution is -2.49. The number of hydrogen-bond acceptors (Lipinski definition) is 10. The van der Waals surface area contributed by atoms with E-state index in [-0.39, 0.29) is 41.2 Å². The summed E-state index contributed by atoms with van der Waals surface area (Å²) in [6.07, 6.45) is 1.57. The maximum absolute atomic E-state index is 12.8. The number of hydrogen-bond donors (Lipinski definition) is 4. The normalized spacial score (nSPS) is 18.1. The second-order valence-corrected chi connectivity index (χ2v) is 15.3. The Bertz CT molecular complexity index is 2210. The summed E-state index contributed by atoms with van der Waals surface area (Å²) in [5.74, 6) is -0.197. The third-order valence-corrected chi connectivity index (χ3v) is 11.2. The van der Waals surface area contributed by atoms with Gasteiger partial charge in [0.15, 0.2) is 6.29 Å². The zero-order valence-corrected chi connectivity index (χ0v) is 33.6. The van der Waals surface area contributed by atoms with Crippen molar-refractivity contribution in [1.29, 1.82) is 0 Å².